The zero-order valence-electron chi connectivity index (χ0n) is 14.1. The van der Waals surface area contributed by atoms with Crippen LogP contribution in [0.5, 0.6) is 0 Å². The van der Waals surface area contributed by atoms with Crippen LogP contribution >= 0.6 is 50.7 Å². The fourth-order valence-electron chi connectivity index (χ4n) is 3.26. The topological polar surface area (TPSA) is 26.3 Å². The molecule has 2 aromatic rings. The van der Waals surface area contributed by atoms with E-state index >= 15 is 0 Å². The highest BCUT2D eigenvalue weighted by molar-refractivity contribution is 9.10. The van der Waals surface area contributed by atoms with Crippen molar-refractivity contribution in [2.75, 3.05) is 6.61 Å². The molecule has 0 bridgehead atoms. The Labute approximate surface area is 183 Å². The fraction of sp³-hybridized carbons (Fsp3) is 0.316. The second kappa shape index (κ2) is 7.71. The Bertz CT molecular complexity index is 864. The summed E-state index contributed by atoms with van der Waals surface area (Å²) < 4.78 is 42.7. The number of carbonyl (C=O) groups excluding carboxylic acids is 1. The quantitative estimate of drug-likeness (QED) is 0.330. The van der Waals surface area contributed by atoms with Gasteiger partial charge in [0.2, 0.25) is 3.79 Å². The summed E-state index contributed by atoms with van der Waals surface area (Å²) >= 11 is 20.3. The molecule has 0 saturated heterocycles. The number of rotatable bonds is 4. The van der Waals surface area contributed by atoms with Crippen LogP contribution in [0.4, 0.5) is 13.2 Å². The zero-order valence-corrected chi connectivity index (χ0v) is 17.9. The van der Waals surface area contributed by atoms with E-state index in [1.807, 2.05) is 0 Å². The Balaban J connectivity index is 1.91. The summed E-state index contributed by atoms with van der Waals surface area (Å²) in [6.45, 7) is -0.422. The Morgan fingerprint density at radius 2 is 1.64 bits per heavy atom. The molecule has 0 unspecified atom stereocenters. The summed E-state index contributed by atoms with van der Waals surface area (Å²) in [6.07, 6.45) is -4.03. The predicted molar refractivity (Wildman–Crippen MR) is 106 cm³/mol. The molecule has 28 heavy (non-hydrogen) atoms. The second-order valence-corrected chi connectivity index (χ2v) is 9.98. The van der Waals surface area contributed by atoms with Crippen LogP contribution in [0.1, 0.15) is 29.0 Å². The Hall–Kier alpha value is -0.950. The highest BCUT2D eigenvalue weighted by Crippen LogP contribution is 2.61. The molecule has 1 aliphatic carbocycles. The molecule has 2 atom stereocenters. The van der Waals surface area contributed by atoms with Gasteiger partial charge in [0.1, 0.15) is 12.0 Å². The van der Waals surface area contributed by atoms with Gasteiger partial charge in [0, 0.05) is 10.4 Å². The van der Waals surface area contributed by atoms with E-state index < -0.39 is 33.5 Å². The summed E-state index contributed by atoms with van der Waals surface area (Å²) in [5.41, 5.74) is -0.474. The average molecular weight is 517 g/mol. The highest BCUT2D eigenvalue weighted by Gasteiger charge is 2.63. The van der Waals surface area contributed by atoms with Crippen molar-refractivity contribution in [1.82, 2.24) is 0 Å². The van der Waals surface area contributed by atoms with Gasteiger partial charge in [-0.25, -0.2) is 0 Å². The van der Waals surface area contributed by atoms with Crippen molar-refractivity contribution < 1.29 is 22.7 Å². The second-order valence-electron chi connectivity index (χ2n) is 6.55. The molecule has 0 aromatic heterocycles. The minimum Gasteiger partial charge on any atom is -0.460 e. The Kier molecular flexibility index (Phi) is 5.99. The lowest BCUT2D eigenvalue weighted by atomic mass is 9.90. The molecule has 2 aromatic carbocycles. The molecule has 0 amide bonds. The Morgan fingerprint density at radius 1 is 1.07 bits per heavy atom. The van der Waals surface area contributed by atoms with Crippen LogP contribution < -0.4 is 0 Å². The molecular formula is C19H13BrCl3F3O2. The van der Waals surface area contributed by atoms with Crippen LogP contribution in [0.25, 0.3) is 0 Å². The molecule has 2 nitrogen and oxygen atoms in total. The molecule has 1 aliphatic rings. The van der Waals surface area contributed by atoms with E-state index in [1.54, 1.807) is 24.3 Å². The molecule has 0 radical (unpaired) electrons. The van der Waals surface area contributed by atoms with Gasteiger partial charge in [0.05, 0.1) is 5.56 Å². The lowest BCUT2D eigenvalue weighted by molar-refractivity contribution is -0.146. The largest absolute Gasteiger partial charge is 0.460 e. The molecule has 0 aliphatic heterocycles. The van der Waals surface area contributed by atoms with Crippen LogP contribution in [-0.2, 0) is 21.1 Å². The molecule has 3 rings (SSSR count). The summed E-state index contributed by atoms with van der Waals surface area (Å²) in [6, 6.07) is 11.9. The number of hydrogen-bond acceptors (Lipinski definition) is 2. The normalized spacial score (nSPS) is 22.0. The zero-order chi connectivity index (χ0) is 20.7. The Morgan fingerprint density at radius 3 is 2.14 bits per heavy atom. The smallest absolute Gasteiger partial charge is 0.416 e. The summed E-state index contributed by atoms with van der Waals surface area (Å²) in [7, 11) is 0. The first-order chi connectivity index (χ1) is 12.9. The van der Waals surface area contributed by atoms with E-state index in [2.05, 4.69) is 15.9 Å². The number of hydrogen-bond donors (Lipinski definition) is 0. The van der Waals surface area contributed by atoms with Gasteiger partial charge in [-0.15, -0.1) is 0 Å². The average Bonchev–Trinajstić information content (AvgIpc) is 3.36. The van der Waals surface area contributed by atoms with Crippen molar-refractivity contribution >= 4 is 56.7 Å². The molecule has 150 valence electrons. The van der Waals surface area contributed by atoms with E-state index in [-0.39, 0.29) is 5.92 Å². The van der Waals surface area contributed by atoms with Gasteiger partial charge in [0.15, 0.2) is 0 Å². The summed E-state index contributed by atoms with van der Waals surface area (Å²) in [4.78, 5) is 12.9. The number of esters is 1. The van der Waals surface area contributed by atoms with Crippen LogP contribution in [0, 0.1) is 0 Å². The van der Waals surface area contributed by atoms with E-state index in [4.69, 9.17) is 39.5 Å². The van der Waals surface area contributed by atoms with Gasteiger partial charge in [-0.05, 0) is 41.8 Å². The third-order valence-electron chi connectivity index (χ3n) is 4.69. The number of halogens is 7. The maximum atomic E-state index is 12.9. The first-order valence-electron chi connectivity index (χ1n) is 8.11. The van der Waals surface area contributed by atoms with Crippen molar-refractivity contribution in [2.45, 2.75) is 27.7 Å². The van der Waals surface area contributed by atoms with Gasteiger partial charge in [0.25, 0.3) is 0 Å². The molecule has 0 N–H and O–H groups in total. The van der Waals surface area contributed by atoms with Crippen molar-refractivity contribution in [3.05, 3.63) is 69.7 Å². The molecule has 0 heterocycles. The number of alkyl halides is 6. The van der Waals surface area contributed by atoms with Crippen LogP contribution in [0.3, 0.4) is 0 Å². The van der Waals surface area contributed by atoms with E-state index in [0.29, 0.717) is 17.5 Å². The first-order valence-corrected chi connectivity index (χ1v) is 10.0. The minimum atomic E-state index is -4.42. The van der Waals surface area contributed by atoms with E-state index in [0.717, 1.165) is 16.6 Å². The van der Waals surface area contributed by atoms with Crippen molar-refractivity contribution in [2.24, 2.45) is 0 Å². The van der Waals surface area contributed by atoms with Crippen molar-refractivity contribution in [1.29, 1.82) is 0 Å². The third-order valence-corrected chi connectivity index (χ3v) is 5.55. The van der Waals surface area contributed by atoms with Crippen molar-refractivity contribution in [3.63, 3.8) is 0 Å². The maximum absolute atomic E-state index is 12.9. The first kappa shape index (κ1) is 21.8. The lowest BCUT2D eigenvalue weighted by Crippen LogP contribution is -2.28. The van der Waals surface area contributed by atoms with Crippen molar-refractivity contribution in [3.8, 4) is 0 Å². The molecule has 1 fully saturated rings. The maximum Gasteiger partial charge on any atom is 0.416 e. The number of carbonyl (C=O) groups is 1. The van der Waals surface area contributed by atoms with Gasteiger partial charge in [-0.1, -0.05) is 75.0 Å². The molecule has 9 heteroatoms. The fourth-order valence-corrected chi connectivity index (χ4v) is 3.68. The summed E-state index contributed by atoms with van der Waals surface area (Å²) in [5.74, 6) is -0.912. The lowest BCUT2D eigenvalue weighted by Gasteiger charge is -2.20. The minimum absolute atomic E-state index is 0.334. The van der Waals surface area contributed by atoms with Gasteiger partial charge in [-0.3, -0.25) is 4.79 Å². The predicted octanol–water partition coefficient (Wildman–Crippen LogP) is 6.81. The number of ether oxygens (including phenoxy) is 1. The van der Waals surface area contributed by atoms with Gasteiger partial charge in [-0.2, -0.15) is 13.2 Å². The third kappa shape index (κ3) is 4.61. The van der Waals surface area contributed by atoms with Crippen LogP contribution in [0.15, 0.2) is 53.0 Å². The van der Waals surface area contributed by atoms with E-state index in [1.165, 1.54) is 12.1 Å². The molecule has 1 saturated carbocycles. The monoisotopic (exact) mass is 514 g/mol. The standard InChI is InChI=1S/C19H13BrCl3F3O2/c20-14-7-5-12(6-8-14)17(16(27)28-10-18(21,22)23)9-15(17)11-1-3-13(4-2-11)19(24,25)26/h1-8,15H,9-10H2/t15-,17-/m1/s1. The highest BCUT2D eigenvalue weighted by atomic mass is 79.9. The van der Waals surface area contributed by atoms with Crippen LogP contribution in [-0.4, -0.2) is 16.4 Å². The van der Waals surface area contributed by atoms with Gasteiger partial charge >= 0.3 is 12.1 Å². The molecular weight excluding hydrogens is 503 g/mol. The molecule has 0 spiro atoms. The van der Waals surface area contributed by atoms with Crippen LogP contribution in [0.2, 0.25) is 0 Å². The van der Waals surface area contributed by atoms with E-state index in [9.17, 15) is 18.0 Å². The SMILES string of the molecule is O=C(OCC(Cl)(Cl)Cl)[C@@]1(c2ccc(Br)cc2)C[C@@H]1c1ccc(C(F)(F)F)cc1. The number of benzene rings is 2. The summed E-state index contributed by atoms with van der Waals surface area (Å²) in [5, 5.41) is 0. The van der Waals surface area contributed by atoms with Gasteiger partial charge < -0.3 is 4.74 Å².